The first-order valence-electron chi connectivity index (χ1n) is 6.66. The van der Waals surface area contributed by atoms with Crippen LogP contribution in [0.15, 0.2) is 0 Å². The van der Waals surface area contributed by atoms with Gasteiger partial charge >= 0.3 is 18.9 Å². The van der Waals surface area contributed by atoms with Gasteiger partial charge < -0.3 is 16.0 Å². The van der Waals surface area contributed by atoms with E-state index in [-0.39, 0.29) is 39.3 Å². The second-order valence-electron chi connectivity index (χ2n) is 4.50. The molecule has 1 rings (SSSR count). The van der Waals surface area contributed by atoms with Gasteiger partial charge in [-0.3, -0.25) is 0 Å². The summed E-state index contributed by atoms with van der Waals surface area (Å²) in [5, 5.41) is 8.49. The summed E-state index contributed by atoms with van der Waals surface area (Å²) in [7, 11) is 0. The minimum atomic E-state index is -0.0292. The molecule has 2 unspecified atom stereocenters. The Morgan fingerprint density at radius 3 is 2.89 bits per heavy atom. The van der Waals surface area contributed by atoms with Crippen molar-refractivity contribution < 1.29 is 34.9 Å². The maximum Gasteiger partial charge on any atom is 1.00 e. The molecule has 100 valence electrons. The Kier molecular flexibility index (Phi) is 12.1. The summed E-state index contributed by atoms with van der Waals surface area (Å²) in [5.74, 6) is 5.58. The molecule has 3 nitrogen and oxygen atoms in total. The Morgan fingerprint density at radius 1 is 1.39 bits per heavy atom. The summed E-state index contributed by atoms with van der Waals surface area (Å²) in [6.07, 6.45) is 7.82. The second kappa shape index (κ2) is 12.1. The molecule has 4 heteroatoms. The molecule has 0 spiro atoms. The number of aliphatic hydroxyl groups is 1. The molecule has 0 radical (unpaired) electrons. The third kappa shape index (κ3) is 9.03. The maximum atomic E-state index is 8.49. The normalized spacial score (nSPS) is 20.4. The predicted molar refractivity (Wildman–Crippen MR) is 68.6 cm³/mol. The van der Waals surface area contributed by atoms with Crippen molar-refractivity contribution in [3.05, 3.63) is 0 Å². The molecule has 1 heterocycles. The van der Waals surface area contributed by atoms with Crippen LogP contribution < -0.4 is 18.9 Å². The largest absolute Gasteiger partial charge is 1.00 e. The molecule has 0 aromatic heterocycles. The molecule has 0 aliphatic carbocycles. The van der Waals surface area contributed by atoms with Crippen LogP contribution in [0.5, 0.6) is 0 Å². The first-order valence-corrected chi connectivity index (χ1v) is 6.66. The number of aliphatic hydroxyl groups excluding tert-OH is 1. The number of ether oxygens (including phenoxy) is 2. The molecule has 0 amide bonds. The van der Waals surface area contributed by atoms with Gasteiger partial charge in [-0.25, -0.2) is 0 Å². The molecule has 1 fully saturated rings. The molecule has 0 aromatic rings. The Hall–Kier alpha value is 0.0374. The van der Waals surface area contributed by atoms with Gasteiger partial charge in [-0.15, -0.1) is 5.92 Å². The summed E-state index contributed by atoms with van der Waals surface area (Å²) in [4.78, 5) is 0. The van der Waals surface area contributed by atoms with Crippen LogP contribution in [0.2, 0.25) is 0 Å². The molecule has 0 bridgehead atoms. The van der Waals surface area contributed by atoms with Crippen LogP contribution in [0.1, 0.15) is 53.3 Å². The van der Waals surface area contributed by atoms with Crippen molar-refractivity contribution in [2.45, 2.75) is 64.3 Å². The van der Waals surface area contributed by atoms with E-state index in [9.17, 15) is 0 Å². The van der Waals surface area contributed by atoms with Crippen molar-refractivity contribution in [3.63, 3.8) is 0 Å². The van der Waals surface area contributed by atoms with Gasteiger partial charge in [0.2, 0.25) is 0 Å². The molecule has 18 heavy (non-hydrogen) atoms. The minimum Gasteiger partial charge on any atom is -1.00 e. The van der Waals surface area contributed by atoms with E-state index < -0.39 is 0 Å². The monoisotopic (exact) mass is 248 g/mol. The second-order valence-corrected chi connectivity index (χ2v) is 4.50. The fourth-order valence-corrected chi connectivity index (χ4v) is 1.94. The standard InChI is InChI=1S/C14H24O3.Li.H/c1-13(9-5-3-2-4-7-11-15)17-14-10-6-8-12-16-14;;/h13-15H,2-3,5-6,8-12H2,1H3;;/q;+1;-1. The Bertz CT molecular complexity index is 247. The number of rotatable bonds is 6. The molecule has 2 atom stereocenters. The molecule has 1 aliphatic rings. The molecular weight excluding hydrogens is 223 g/mol. The van der Waals surface area contributed by atoms with Crippen LogP contribution in [0, 0.1) is 11.8 Å². The van der Waals surface area contributed by atoms with Gasteiger partial charge in [0.15, 0.2) is 6.29 Å². The van der Waals surface area contributed by atoms with Gasteiger partial charge in [-0.1, -0.05) is 5.92 Å². The van der Waals surface area contributed by atoms with E-state index in [4.69, 9.17) is 14.6 Å². The Labute approximate surface area is 124 Å². The first-order chi connectivity index (χ1) is 8.33. The fraction of sp³-hybridized carbons (Fsp3) is 0.857. The number of hydrogen-bond acceptors (Lipinski definition) is 3. The van der Waals surface area contributed by atoms with Crippen LogP contribution in [0.25, 0.3) is 0 Å². The molecule has 0 saturated carbocycles. The fourth-order valence-electron chi connectivity index (χ4n) is 1.94. The van der Waals surface area contributed by atoms with Crippen molar-refractivity contribution in [2.75, 3.05) is 13.2 Å². The van der Waals surface area contributed by atoms with Crippen molar-refractivity contribution in [2.24, 2.45) is 0 Å². The van der Waals surface area contributed by atoms with Crippen LogP contribution in [0.3, 0.4) is 0 Å². The van der Waals surface area contributed by atoms with E-state index in [0.29, 0.717) is 0 Å². The Morgan fingerprint density at radius 2 is 2.22 bits per heavy atom. The van der Waals surface area contributed by atoms with Crippen LogP contribution >= 0.6 is 0 Å². The van der Waals surface area contributed by atoms with Gasteiger partial charge in [-0.2, -0.15) is 0 Å². The molecule has 1 N–H and O–H groups in total. The predicted octanol–water partition coefficient (Wildman–Crippen LogP) is -0.409. The molecular formula is C14H25LiO3. The van der Waals surface area contributed by atoms with Crippen molar-refractivity contribution in [3.8, 4) is 11.8 Å². The van der Waals surface area contributed by atoms with Crippen molar-refractivity contribution in [1.82, 2.24) is 0 Å². The van der Waals surface area contributed by atoms with Crippen LogP contribution in [-0.4, -0.2) is 30.7 Å². The summed E-state index contributed by atoms with van der Waals surface area (Å²) in [5.41, 5.74) is 0. The van der Waals surface area contributed by atoms with Gasteiger partial charge in [0.1, 0.15) is 6.61 Å². The number of hydrogen-bond donors (Lipinski definition) is 1. The van der Waals surface area contributed by atoms with E-state index in [1.54, 1.807) is 0 Å². The van der Waals surface area contributed by atoms with Crippen LogP contribution in [0.4, 0.5) is 0 Å². The van der Waals surface area contributed by atoms with Crippen molar-refractivity contribution >= 4 is 0 Å². The molecule has 1 saturated heterocycles. The third-order valence-electron chi connectivity index (χ3n) is 2.89. The zero-order chi connectivity index (χ0) is 12.3. The van der Waals surface area contributed by atoms with Gasteiger partial charge in [0.25, 0.3) is 0 Å². The first kappa shape index (κ1) is 18.0. The number of unbranched alkanes of at least 4 members (excludes halogenated alkanes) is 2. The maximum absolute atomic E-state index is 8.49. The average Bonchev–Trinajstić information content (AvgIpc) is 2.35. The summed E-state index contributed by atoms with van der Waals surface area (Å²) >= 11 is 0. The van der Waals surface area contributed by atoms with Crippen LogP contribution in [-0.2, 0) is 9.47 Å². The van der Waals surface area contributed by atoms with Crippen molar-refractivity contribution in [1.29, 1.82) is 0 Å². The average molecular weight is 248 g/mol. The smallest absolute Gasteiger partial charge is 1.00 e. The molecule has 1 aliphatic heterocycles. The van der Waals surface area contributed by atoms with E-state index in [2.05, 4.69) is 18.8 Å². The van der Waals surface area contributed by atoms with E-state index in [1.807, 2.05) is 0 Å². The molecule has 0 aromatic carbocycles. The summed E-state index contributed by atoms with van der Waals surface area (Å²) in [6, 6.07) is 0. The zero-order valence-electron chi connectivity index (χ0n) is 12.8. The van der Waals surface area contributed by atoms with Gasteiger partial charge in [0.05, 0.1) is 6.10 Å². The summed E-state index contributed by atoms with van der Waals surface area (Å²) < 4.78 is 11.4. The third-order valence-corrected chi connectivity index (χ3v) is 2.89. The summed E-state index contributed by atoms with van der Waals surface area (Å²) in [6.45, 7) is 2.92. The SMILES string of the molecule is CC(CCCCC#CCO)OC1CCCCO1.[H-].[Li+]. The topological polar surface area (TPSA) is 38.7 Å². The van der Waals surface area contributed by atoms with Gasteiger partial charge in [0, 0.05) is 13.0 Å². The quantitative estimate of drug-likeness (QED) is 0.394. The Balaban J connectivity index is 0. The van der Waals surface area contributed by atoms with E-state index >= 15 is 0 Å². The zero-order valence-corrected chi connectivity index (χ0v) is 11.8. The van der Waals surface area contributed by atoms with E-state index in [1.165, 1.54) is 6.42 Å². The minimum absolute atomic E-state index is 0. The van der Waals surface area contributed by atoms with E-state index in [0.717, 1.165) is 45.1 Å². The van der Waals surface area contributed by atoms with Gasteiger partial charge in [-0.05, 0) is 45.4 Å².